The van der Waals surface area contributed by atoms with E-state index in [1.165, 1.54) is 0 Å². The standard InChI is InChI=1S/C18H22ClN3OS/c1-13-21-14(12-24-13)5-4-8-18(23)22-10-9-20-11-17(22)15-6-2-3-7-16(15)19/h2-3,6-7,12,17,20H,4-5,8-11H2,1H3. The molecule has 3 rings (SSSR count). The summed E-state index contributed by atoms with van der Waals surface area (Å²) in [6.45, 7) is 4.32. The summed E-state index contributed by atoms with van der Waals surface area (Å²) in [6, 6.07) is 7.81. The Morgan fingerprint density at radius 3 is 3.04 bits per heavy atom. The fourth-order valence-corrected chi connectivity index (χ4v) is 4.02. The molecule has 1 unspecified atom stereocenters. The maximum atomic E-state index is 12.7. The number of nitrogens with one attached hydrogen (secondary N) is 1. The lowest BCUT2D eigenvalue weighted by Gasteiger charge is -2.37. The summed E-state index contributed by atoms with van der Waals surface area (Å²) >= 11 is 8.00. The van der Waals surface area contributed by atoms with Crippen LogP contribution in [0, 0.1) is 6.92 Å². The Morgan fingerprint density at radius 1 is 1.46 bits per heavy atom. The zero-order valence-corrected chi connectivity index (χ0v) is 15.4. The van der Waals surface area contributed by atoms with Gasteiger partial charge in [0, 0.05) is 36.5 Å². The van der Waals surface area contributed by atoms with Crippen molar-refractivity contribution < 1.29 is 4.79 Å². The van der Waals surface area contributed by atoms with Gasteiger partial charge in [-0.25, -0.2) is 4.98 Å². The molecule has 1 aromatic carbocycles. The second-order valence-electron chi connectivity index (χ2n) is 6.04. The second kappa shape index (κ2) is 8.10. The Morgan fingerprint density at radius 2 is 2.29 bits per heavy atom. The molecule has 4 nitrogen and oxygen atoms in total. The lowest BCUT2D eigenvalue weighted by Crippen LogP contribution is -2.48. The lowest BCUT2D eigenvalue weighted by molar-refractivity contribution is -0.134. The summed E-state index contributed by atoms with van der Waals surface area (Å²) in [5, 5.41) is 7.25. The number of carbonyl (C=O) groups excluding carboxylic acids is 1. The average molecular weight is 364 g/mol. The molecule has 0 spiro atoms. The first-order valence-electron chi connectivity index (χ1n) is 8.31. The number of hydrogen-bond acceptors (Lipinski definition) is 4. The summed E-state index contributed by atoms with van der Waals surface area (Å²) in [6.07, 6.45) is 2.25. The van der Waals surface area contributed by atoms with E-state index >= 15 is 0 Å². The maximum Gasteiger partial charge on any atom is 0.223 e. The molecule has 6 heteroatoms. The number of thiazole rings is 1. The third kappa shape index (κ3) is 4.15. The van der Waals surface area contributed by atoms with Crippen LogP contribution in [-0.4, -0.2) is 35.4 Å². The molecule has 1 aromatic heterocycles. The van der Waals surface area contributed by atoms with Crippen LogP contribution < -0.4 is 5.32 Å². The number of aryl methyl sites for hydroxylation is 2. The van der Waals surface area contributed by atoms with Gasteiger partial charge in [-0.1, -0.05) is 29.8 Å². The van der Waals surface area contributed by atoms with E-state index in [0.29, 0.717) is 6.42 Å². The van der Waals surface area contributed by atoms with Gasteiger partial charge < -0.3 is 10.2 Å². The number of aromatic nitrogens is 1. The van der Waals surface area contributed by atoms with Crippen LogP contribution >= 0.6 is 22.9 Å². The summed E-state index contributed by atoms with van der Waals surface area (Å²) in [5.74, 6) is 0.202. The van der Waals surface area contributed by atoms with Crippen LogP contribution in [0.5, 0.6) is 0 Å². The molecule has 0 bridgehead atoms. The van der Waals surface area contributed by atoms with Crippen molar-refractivity contribution in [3.05, 3.63) is 50.9 Å². The van der Waals surface area contributed by atoms with Gasteiger partial charge in [0.1, 0.15) is 0 Å². The molecule has 1 aliphatic rings. The largest absolute Gasteiger partial charge is 0.333 e. The maximum absolute atomic E-state index is 12.7. The van der Waals surface area contributed by atoms with Crippen LogP contribution in [-0.2, 0) is 11.2 Å². The molecule has 128 valence electrons. The van der Waals surface area contributed by atoms with Gasteiger partial charge in [0.2, 0.25) is 5.91 Å². The van der Waals surface area contributed by atoms with Crippen LogP contribution in [0.2, 0.25) is 5.02 Å². The van der Waals surface area contributed by atoms with Gasteiger partial charge >= 0.3 is 0 Å². The highest BCUT2D eigenvalue weighted by atomic mass is 35.5. The zero-order valence-electron chi connectivity index (χ0n) is 13.8. The van der Waals surface area contributed by atoms with Crippen molar-refractivity contribution >= 4 is 28.8 Å². The fourth-order valence-electron chi connectivity index (χ4n) is 3.11. The number of benzene rings is 1. The summed E-state index contributed by atoms with van der Waals surface area (Å²) in [4.78, 5) is 19.2. The molecule has 0 saturated carbocycles. The Bertz CT molecular complexity index is 703. The van der Waals surface area contributed by atoms with E-state index in [9.17, 15) is 4.79 Å². The topological polar surface area (TPSA) is 45.2 Å². The van der Waals surface area contributed by atoms with Crippen molar-refractivity contribution in [2.75, 3.05) is 19.6 Å². The predicted octanol–water partition coefficient (Wildman–Crippen LogP) is 3.60. The van der Waals surface area contributed by atoms with E-state index in [0.717, 1.165) is 53.8 Å². The lowest BCUT2D eigenvalue weighted by atomic mass is 10.0. The minimum absolute atomic E-state index is 0.0152. The van der Waals surface area contributed by atoms with E-state index in [-0.39, 0.29) is 11.9 Å². The summed E-state index contributed by atoms with van der Waals surface area (Å²) in [7, 11) is 0. The Balaban J connectivity index is 1.62. The highest BCUT2D eigenvalue weighted by Crippen LogP contribution is 2.29. The van der Waals surface area contributed by atoms with E-state index in [2.05, 4.69) is 15.7 Å². The number of piperazine rings is 1. The Kier molecular flexibility index (Phi) is 5.87. The van der Waals surface area contributed by atoms with Crippen molar-refractivity contribution in [3.63, 3.8) is 0 Å². The van der Waals surface area contributed by atoms with Crippen LogP contribution in [0.3, 0.4) is 0 Å². The number of rotatable bonds is 5. The van der Waals surface area contributed by atoms with Crippen LogP contribution in [0.15, 0.2) is 29.6 Å². The number of amides is 1. The fraction of sp³-hybridized carbons (Fsp3) is 0.444. The first-order valence-corrected chi connectivity index (χ1v) is 9.56. The molecule has 0 radical (unpaired) electrons. The third-order valence-electron chi connectivity index (χ3n) is 4.32. The van der Waals surface area contributed by atoms with Crippen molar-refractivity contribution in [2.45, 2.75) is 32.2 Å². The minimum Gasteiger partial charge on any atom is -0.333 e. The van der Waals surface area contributed by atoms with Gasteiger partial charge in [-0.2, -0.15) is 0 Å². The highest BCUT2D eigenvalue weighted by Gasteiger charge is 2.28. The molecular weight excluding hydrogens is 342 g/mol. The van der Waals surface area contributed by atoms with Crippen LogP contribution in [0.4, 0.5) is 0 Å². The smallest absolute Gasteiger partial charge is 0.223 e. The monoisotopic (exact) mass is 363 g/mol. The minimum atomic E-state index is 0.0152. The molecule has 1 atom stereocenters. The first kappa shape index (κ1) is 17.4. The molecule has 1 N–H and O–H groups in total. The van der Waals surface area contributed by atoms with E-state index < -0.39 is 0 Å². The molecule has 1 fully saturated rings. The van der Waals surface area contributed by atoms with E-state index in [1.807, 2.05) is 36.1 Å². The van der Waals surface area contributed by atoms with Gasteiger partial charge in [-0.05, 0) is 31.4 Å². The second-order valence-corrected chi connectivity index (χ2v) is 7.51. The van der Waals surface area contributed by atoms with Crippen molar-refractivity contribution in [3.8, 4) is 0 Å². The molecule has 1 aliphatic heterocycles. The molecule has 2 heterocycles. The molecule has 1 saturated heterocycles. The summed E-state index contributed by atoms with van der Waals surface area (Å²) < 4.78 is 0. The highest BCUT2D eigenvalue weighted by molar-refractivity contribution is 7.09. The molecule has 2 aromatic rings. The van der Waals surface area contributed by atoms with Gasteiger partial charge in [0.05, 0.1) is 16.7 Å². The van der Waals surface area contributed by atoms with Crippen molar-refractivity contribution in [1.29, 1.82) is 0 Å². The van der Waals surface area contributed by atoms with Crippen LogP contribution in [0.25, 0.3) is 0 Å². The Labute approximate surface area is 151 Å². The van der Waals surface area contributed by atoms with E-state index in [1.54, 1.807) is 11.3 Å². The normalized spacial score (nSPS) is 17.9. The van der Waals surface area contributed by atoms with Gasteiger partial charge in [-0.15, -0.1) is 11.3 Å². The van der Waals surface area contributed by atoms with Crippen LogP contribution in [0.1, 0.15) is 35.1 Å². The third-order valence-corrected chi connectivity index (χ3v) is 5.48. The number of hydrogen-bond donors (Lipinski definition) is 1. The van der Waals surface area contributed by atoms with E-state index in [4.69, 9.17) is 11.6 Å². The quantitative estimate of drug-likeness (QED) is 0.882. The average Bonchev–Trinajstić information content (AvgIpc) is 3.00. The molecular formula is C18H22ClN3OS. The molecule has 0 aliphatic carbocycles. The van der Waals surface area contributed by atoms with Gasteiger partial charge in [0.25, 0.3) is 0 Å². The number of carbonyl (C=O) groups is 1. The first-order chi connectivity index (χ1) is 11.6. The van der Waals surface area contributed by atoms with Crippen molar-refractivity contribution in [2.24, 2.45) is 0 Å². The zero-order chi connectivity index (χ0) is 16.9. The summed E-state index contributed by atoms with van der Waals surface area (Å²) in [5.41, 5.74) is 2.11. The predicted molar refractivity (Wildman–Crippen MR) is 98.6 cm³/mol. The number of nitrogens with zero attached hydrogens (tertiary/aromatic N) is 2. The SMILES string of the molecule is Cc1nc(CCCC(=O)N2CCNCC2c2ccccc2Cl)cs1. The number of halogens is 1. The van der Waals surface area contributed by atoms with Crippen molar-refractivity contribution in [1.82, 2.24) is 15.2 Å². The Hall–Kier alpha value is -1.43. The van der Waals surface area contributed by atoms with Gasteiger partial charge in [-0.3, -0.25) is 4.79 Å². The molecule has 1 amide bonds. The molecule has 24 heavy (non-hydrogen) atoms. The van der Waals surface area contributed by atoms with Gasteiger partial charge in [0.15, 0.2) is 0 Å².